The Morgan fingerprint density at radius 2 is 1.94 bits per heavy atom. The van der Waals surface area contributed by atoms with Crippen molar-refractivity contribution in [3.63, 3.8) is 0 Å². The molecule has 1 aliphatic rings. The number of benzene rings is 1. The third kappa shape index (κ3) is 4.80. The zero-order valence-electron chi connectivity index (χ0n) is 18.7. The Kier molecular flexibility index (Phi) is 6.80. The summed E-state index contributed by atoms with van der Waals surface area (Å²) in [5.74, 6) is 0.383. The van der Waals surface area contributed by atoms with Gasteiger partial charge in [0.25, 0.3) is 0 Å². The molecule has 168 valence electrons. The molecule has 2 aromatic heterocycles. The molecule has 0 unspecified atom stereocenters. The maximum absolute atomic E-state index is 13.2. The minimum atomic E-state index is -0.263. The van der Waals surface area contributed by atoms with Crippen LogP contribution in [0.25, 0.3) is 10.8 Å². The molecular formula is C24H28N4O4. The van der Waals surface area contributed by atoms with E-state index in [1.807, 2.05) is 56.1 Å². The molecule has 3 heterocycles. The van der Waals surface area contributed by atoms with Crippen LogP contribution in [0.4, 0.5) is 0 Å². The van der Waals surface area contributed by atoms with Crippen molar-refractivity contribution in [3.8, 4) is 11.9 Å². The predicted octanol–water partition coefficient (Wildman–Crippen LogP) is 3.27. The number of hydrogen-bond acceptors (Lipinski definition) is 7. The molecule has 0 spiro atoms. The molecule has 0 bridgehead atoms. The summed E-state index contributed by atoms with van der Waals surface area (Å²) in [6.45, 7) is 7.94. The number of ether oxygens (including phenoxy) is 3. The number of carbonyl (C=O) groups excluding carboxylic acids is 1. The Bertz CT molecular complexity index is 1100. The Balaban J connectivity index is 1.51. The lowest BCUT2D eigenvalue weighted by Gasteiger charge is -2.33. The highest BCUT2D eigenvalue weighted by atomic mass is 16.5. The first kappa shape index (κ1) is 22.0. The topological polar surface area (TPSA) is 86.7 Å². The maximum Gasteiger partial charge on any atom is 0.319 e. The van der Waals surface area contributed by atoms with Crippen molar-refractivity contribution in [2.24, 2.45) is 0 Å². The summed E-state index contributed by atoms with van der Waals surface area (Å²) in [7, 11) is 0. The standard InChI is InChI=1S/C24H28N4O4/c1-4-30-23-19(16(3)26-24(27-23)31-5-2)13-22(29)28-10-11-32-21(15-28)20-12-17-8-6-7-9-18(17)14-25-20/h6-9,12,14,21H,4-5,10-11,13,15H2,1-3H3/t21-/m1/s1. The summed E-state index contributed by atoms with van der Waals surface area (Å²) in [5, 5.41) is 2.18. The lowest BCUT2D eigenvalue weighted by atomic mass is 10.1. The van der Waals surface area contributed by atoms with Crippen LogP contribution in [-0.4, -0.2) is 58.7 Å². The van der Waals surface area contributed by atoms with Crippen molar-refractivity contribution in [1.29, 1.82) is 0 Å². The summed E-state index contributed by atoms with van der Waals surface area (Å²) < 4.78 is 17.1. The molecule has 1 fully saturated rings. The minimum absolute atomic E-state index is 0.0177. The van der Waals surface area contributed by atoms with Crippen molar-refractivity contribution >= 4 is 16.7 Å². The number of morpholine rings is 1. The molecule has 1 aliphatic heterocycles. The van der Waals surface area contributed by atoms with E-state index in [1.54, 1.807) is 0 Å². The molecule has 0 aliphatic carbocycles. The summed E-state index contributed by atoms with van der Waals surface area (Å²) in [6, 6.07) is 10.4. The molecule has 8 heteroatoms. The van der Waals surface area contributed by atoms with Crippen molar-refractivity contribution in [2.45, 2.75) is 33.3 Å². The largest absolute Gasteiger partial charge is 0.478 e. The predicted molar refractivity (Wildman–Crippen MR) is 120 cm³/mol. The maximum atomic E-state index is 13.2. The third-order valence-electron chi connectivity index (χ3n) is 5.44. The number of carbonyl (C=O) groups is 1. The van der Waals surface area contributed by atoms with Gasteiger partial charge >= 0.3 is 6.01 Å². The molecule has 1 saturated heterocycles. The first-order chi connectivity index (χ1) is 15.6. The normalized spacial score (nSPS) is 16.2. The number of amides is 1. The molecule has 32 heavy (non-hydrogen) atoms. The van der Waals surface area contributed by atoms with Crippen LogP contribution in [0, 0.1) is 6.92 Å². The lowest BCUT2D eigenvalue weighted by molar-refractivity contribution is -0.138. The molecule has 1 aromatic carbocycles. The Hall–Kier alpha value is -3.26. The van der Waals surface area contributed by atoms with Crippen LogP contribution in [0.15, 0.2) is 36.5 Å². The van der Waals surface area contributed by atoms with Crippen molar-refractivity contribution in [1.82, 2.24) is 19.9 Å². The van der Waals surface area contributed by atoms with Crippen LogP contribution in [-0.2, 0) is 16.0 Å². The highest BCUT2D eigenvalue weighted by Crippen LogP contribution is 2.26. The molecule has 4 rings (SSSR count). The highest BCUT2D eigenvalue weighted by Gasteiger charge is 2.28. The second kappa shape index (κ2) is 9.91. The van der Waals surface area contributed by atoms with Gasteiger partial charge in [0.1, 0.15) is 6.10 Å². The van der Waals surface area contributed by atoms with E-state index in [4.69, 9.17) is 14.2 Å². The van der Waals surface area contributed by atoms with Crippen molar-refractivity contribution in [2.75, 3.05) is 32.9 Å². The van der Waals surface area contributed by atoms with Crippen LogP contribution in [0.3, 0.4) is 0 Å². The number of aryl methyl sites for hydroxylation is 1. The van der Waals surface area contributed by atoms with E-state index < -0.39 is 0 Å². The monoisotopic (exact) mass is 436 g/mol. The SMILES string of the molecule is CCOc1nc(C)c(CC(=O)N2CCO[C@@H](c3cc4ccccc4cn3)C2)c(OCC)n1. The van der Waals surface area contributed by atoms with Gasteiger partial charge in [-0.1, -0.05) is 24.3 Å². The van der Waals surface area contributed by atoms with Crippen LogP contribution < -0.4 is 9.47 Å². The summed E-state index contributed by atoms with van der Waals surface area (Å²) in [6.07, 6.45) is 1.75. The number of pyridine rings is 1. The van der Waals surface area contributed by atoms with Crippen LogP contribution in [0.2, 0.25) is 0 Å². The van der Waals surface area contributed by atoms with Crippen molar-refractivity contribution in [3.05, 3.63) is 53.5 Å². The molecule has 0 saturated carbocycles. The van der Waals surface area contributed by atoms with Gasteiger partial charge in [0.15, 0.2) is 0 Å². The van der Waals surface area contributed by atoms with E-state index in [-0.39, 0.29) is 24.4 Å². The lowest BCUT2D eigenvalue weighted by Crippen LogP contribution is -2.43. The second-order valence-corrected chi connectivity index (χ2v) is 7.57. The van der Waals surface area contributed by atoms with Gasteiger partial charge in [-0.15, -0.1) is 0 Å². The van der Waals surface area contributed by atoms with E-state index in [1.165, 1.54) is 0 Å². The third-order valence-corrected chi connectivity index (χ3v) is 5.44. The smallest absolute Gasteiger partial charge is 0.319 e. The summed E-state index contributed by atoms with van der Waals surface area (Å²) >= 11 is 0. The molecule has 8 nitrogen and oxygen atoms in total. The molecule has 1 atom stereocenters. The van der Waals surface area contributed by atoms with Gasteiger partial charge in [-0.05, 0) is 32.2 Å². The first-order valence-electron chi connectivity index (χ1n) is 11.0. The Morgan fingerprint density at radius 1 is 1.16 bits per heavy atom. The number of aromatic nitrogens is 3. The van der Waals surface area contributed by atoms with Crippen LogP contribution in [0.1, 0.15) is 36.9 Å². The Morgan fingerprint density at radius 3 is 2.72 bits per heavy atom. The quantitative estimate of drug-likeness (QED) is 0.562. The second-order valence-electron chi connectivity index (χ2n) is 7.57. The summed E-state index contributed by atoms with van der Waals surface area (Å²) in [5.41, 5.74) is 2.20. The number of hydrogen-bond donors (Lipinski definition) is 0. The molecule has 3 aromatic rings. The number of fused-ring (bicyclic) bond motifs is 1. The van der Waals surface area contributed by atoms with Gasteiger partial charge in [-0.3, -0.25) is 9.78 Å². The van der Waals surface area contributed by atoms with Gasteiger partial charge < -0.3 is 19.1 Å². The minimum Gasteiger partial charge on any atom is -0.478 e. The molecule has 0 N–H and O–H groups in total. The zero-order valence-corrected chi connectivity index (χ0v) is 18.7. The van der Waals surface area contributed by atoms with Crippen molar-refractivity contribution < 1.29 is 19.0 Å². The van der Waals surface area contributed by atoms with E-state index >= 15 is 0 Å². The zero-order chi connectivity index (χ0) is 22.5. The fourth-order valence-corrected chi connectivity index (χ4v) is 3.79. The fraction of sp³-hybridized carbons (Fsp3) is 0.417. The van der Waals surface area contributed by atoms with Crippen LogP contribution >= 0.6 is 0 Å². The average molecular weight is 437 g/mol. The van der Waals surface area contributed by atoms with Gasteiger partial charge in [0, 0.05) is 23.7 Å². The van der Waals surface area contributed by atoms with E-state index in [9.17, 15) is 4.79 Å². The van der Waals surface area contributed by atoms with Gasteiger partial charge in [-0.2, -0.15) is 4.98 Å². The van der Waals surface area contributed by atoms with Gasteiger partial charge in [-0.25, -0.2) is 4.98 Å². The van der Waals surface area contributed by atoms with Crippen LogP contribution in [0.5, 0.6) is 11.9 Å². The Labute approximate surface area is 187 Å². The average Bonchev–Trinajstić information content (AvgIpc) is 2.81. The van der Waals surface area contributed by atoms with E-state index in [0.29, 0.717) is 50.0 Å². The highest BCUT2D eigenvalue weighted by molar-refractivity contribution is 5.82. The van der Waals surface area contributed by atoms with E-state index in [2.05, 4.69) is 21.0 Å². The van der Waals surface area contributed by atoms with Gasteiger partial charge in [0.2, 0.25) is 11.8 Å². The number of rotatable bonds is 7. The molecule has 1 amide bonds. The summed E-state index contributed by atoms with van der Waals surface area (Å²) in [4.78, 5) is 28.3. The number of nitrogens with zero attached hydrogens (tertiary/aromatic N) is 4. The first-order valence-corrected chi connectivity index (χ1v) is 11.0. The molecular weight excluding hydrogens is 408 g/mol. The fourth-order valence-electron chi connectivity index (χ4n) is 3.79. The molecule has 0 radical (unpaired) electrons. The van der Waals surface area contributed by atoms with E-state index in [0.717, 1.165) is 16.5 Å². The van der Waals surface area contributed by atoms with Gasteiger partial charge in [0.05, 0.1) is 44.2 Å².